The van der Waals surface area contributed by atoms with Gasteiger partial charge in [-0.05, 0) is 41.2 Å². The first-order valence-electron chi connectivity index (χ1n) is 13.5. The molecule has 0 spiro atoms. The summed E-state index contributed by atoms with van der Waals surface area (Å²) in [5, 5.41) is 10.7. The predicted molar refractivity (Wildman–Crippen MR) is 154 cm³/mol. The number of likely N-dealkylation sites (tertiary alicyclic amines) is 1. The van der Waals surface area contributed by atoms with Crippen LogP contribution in [-0.4, -0.2) is 42.7 Å². The molecule has 0 aliphatic carbocycles. The number of carbonyl (C=O) groups is 2. The molecular formula is C31H34N4O4S. The van der Waals surface area contributed by atoms with E-state index in [1.54, 1.807) is 23.5 Å². The molecule has 3 heterocycles. The number of hydrogen-bond donors (Lipinski definition) is 1. The summed E-state index contributed by atoms with van der Waals surface area (Å²) in [6, 6.07) is 14.7. The van der Waals surface area contributed by atoms with E-state index in [1.807, 2.05) is 62.4 Å². The fourth-order valence-corrected chi connectivity index (χ4v) is 6.86. The van der Waals surface area contributed by atoms with Crippen LogP contribution in [0.2, 0.25) is 0 Å². The molecule has 0 radical (unpaired) electrons. The fourth-order valence-electron chi connectivity index (χ4n) is 5.73. The van der Waals surface area contributed by atoms with Crippen molar-refractivity contribution in [3.63, 3.8) is 0 Å². The normalized spacial score (nSPS) is 21.2. The lowest BCUT2D eigenvalue weighted by Crippen LogP contribution is -2.52. The fraction of sp³-hybridized carbons (Fsp3) is 0.387. The van der Waals surface area contributed by atoms with Crippen LogP contribution in [0.5, 0.6) is 0 Å². The van der Waals surface area contributed by atoms with E-state index in [0.717, 1.165) is 15.8 Å². The van der Waals surface area contributed by atoms with Crippen molar-refractivity contribution in [1.29, 1.82) is 0 Å². The lowest BCUT2D eigenvalue weighted by molar-refractivity contribution is -0.108. The Morgan fingerprint density at radius 1 is 1.12 bits per heavy atom. The molecule has 2 aromatic heterocycles. The Hall–Kier alpha value is -3.85. The SMILES string of the molecule is CC(C)C[C@]1(OC(=O)O)C[C@H](c2cnccn2)[C@H](c2nc3ccccc3s2)N1C(=O)c1ccc(C(C)(C)C)cc1. The molecule has 0 saturated carbocycles. The topological polar surface area (TPSA) is 106 Å². The summed E-state index contributed by atoms with van der Waals surface area (Å²) in [7, 11) is 0. The average molecular weight is 559 g/mol. The van der Waals surface area contributed by atoms with Crippen molar-refractivity contribution in [3.8, 4) is 0 Å². The van der Waals surface area contributed by atoms with Crippen LogP contribution in [0.4, 0.5) is 4.79 Å². The Morgan fingerprint density at radius 3 is 2.45 bits per heavy atom. The molecule has 1 N–H and O–H groups in total. The zero-order valence-electron chi connectivity index (χ0n) is 23.4. The Kier molecular flexibility index (Phi) is 7.35. The number of benzene rings is 2. The molecule has 1 amide bonds. The van der Waals surface area contributed by atoms with E-state index in [9.17, 15) is 14.7 Å². The van der Waals surface area contributed by atoms with Crippen LogP contribution >= 0.6 is 11.3 Å². The van der Waals surface area contributed by atoms with Crippen LogP contribution in [-0.2, 0) is 10.2 Å². The van der Waals surface area contributed by atoms with E-state index >= 15 is 0 Å². The molecule has 1 fully saturated rings. The highest BCUT2D eigenvalue weighted by Crippen LogP contribution is 2.55. The van der Waals surface area contributed by atoms with Crippen molar-refractivity contribution in [2.45, 2.75) is 70.6 Å². The van der Waals surface area contributed by atoms with Crippen molar-refractivity contribution in [2.24, 2.45) is 5.92 Å². The summed E-state index contributed by atoms with van der Waals surface area (Å²) in [6.07, 6.45) is 4.02. The van der Waals surface area contributed by atoms with E-state index < -0.39 is 17.9 Å². The van der Waals surface area contributed by atoms with E-state index in [4.69, 9.17) is 9.72 Å². The van der Waals surface area contributed by atoms with Gasteiger partial charge in [-0.1, -0.05) is 58.9 Å². The van der Waals surface area contributed by atoms with Crippen molar-refractivity contribution < 1.29 is 19.4 Å². The van der Waals surface area contributed by atoms with Crippen LogP contribution < -0.4 is 0 Å². The minimum atomic E-state index is -1.43. The quantitative estimate of drug-likeness (QED) is 0.250. The minimum Gasteiger partial charge on any atom is -0.450 e. The molecule has 1 aliphatic rings. The number of thiazole rings is 1. The number of aromatic nitrogens is 3. The van der Waals surface area contributed by atoms with Crippen molar-refractivity contribution in [1.82, 2.24) is 19.9 Å². The number of amides is 1. The standard InChI is InChI=1S/C31H34N4O4S/c1-19(2)16-31(39-29(37)38)17-22(24-18-32-14-15-33-24)26(27-34-23-8-6-7-9-25(23)40-27)35(31)28(36)20-10-12-21(13-11-20)30(3,4)5/h6-15,18-19,22,26H,16-17H2,1-5H3,(H,37,38)/t22-,26-,31+/m1/s1. The van der Waals surface area contributed by atoms with Gasteiger partial charge in [0.25, 0.3) is 5.91 Å². The monoisotopic (exact) mass is 558 g/mol. The number of carboxylic acid groups (broad SMARTS) is 1. The molecule has 8 nitrogen and oxygen atoms in total. The second-order valence-electron chi connectivity index (χ2n) is 11.8. The molecule has 4 aromatic rings. The minimum absolute atomic E-state index is 0.0366. The molecular weight excluding hydrogens is 524 g/mol. The average Bonchev–Trinajstić information content (AvgIpc) is 3.46. The van der Waals surface area contributed by atoms with Crippen LogP contribution in [0.25, 0.3) is 10.2 Å². The highest BCUT2D eigenvalue weighted by atomic mass is 32.1. The predicted octanol–water partition coefficient (Wildman–Crippen LogP) is 7.19. The lowest BCUT2D eigenvalue weighted by atomic mass is 9.86. The summed E-state index contributed by atoms with van der Waals surface area (Å²) in [5.74, 6) is -0.655. The van der Waals surface area contributed by atoms with Gasteiger partial charge in [-0.3, -0.25) is 19.7 Å². The number of ether oxygens (including phenoxy) is 1. The van der Waals surface area contributed by atoms with E-state index in [1.165, 1.54) is 11.3 Å². The molecule has 5 rings (SSSR count). The Morgan fingerprint density at radius 2 is 1.85 bits per heavy atom. The second kappa shape index (κ2) is 10.6. The number of rotatable bonds is 6. The summed E-state index contributed by atoms with van der Waals surface area (Å²) in [6.45, 7) is 10.3. The number of carbonyl (C=O) groups excluding carboxylic acids is 1. The van der Waals surface area contributed by atoms with Crippen LogP contribution in [0.1, 0.15) is 86.0 Å². The van der Waals surface area contributed by atoms with Crippen LogP contribution in [0.15, 0.2) is 67.1 Å². The molecule has 0 bridgehead atoms. The Bertz CT molecular complexity index is 1480. The molecule has 40 heavy (non-hydrogen) atoms. The second-order valence-corrected chi connectivity index (χ2v) is 12.9. The summed E-state index contributed by atoms with van der Waals surface area (Å²) < 4.78 is 6.75. The zero-order valence-corrected chi connectivity index (χ0v) is 24.2. The number of para-hydroxylation sites is 1. The van der Waals surface area contributed by atoms with Gasteiger partial charge in [-0.2, -0.15) is 0 Å². The van der Waals surface area contributed by atoms with Crippen LogP contribution in [0, 0.1) is 5.92 Å². The van der Waals surface area contributed by atoms with Gasteiger partial charge in [0.15, 0.2) is 5.72 Å². The van der Waals surface area contributed by atoms with Gasteiger partial charge in [0.2, 0.25) is 0 Å². The first kappa shape index (κ1) is 27.7. The third kappa shape index (κ3) is 5.30. The lowest BCUT2D eigenvalue weighted by Gasteiger charge is -2.40. The largest absolute Gasteiger partial charge is 0.507 e. The molecule has 2 aromatic carbocycles. The highest BCUT2D eigenvalue weighted by molar-refractivity contribution is 7.18. The number of hydrogen-bond acceptors (Lipinski definition) is 7. The third-order valence-corrected chi connectivity index (χ3v) is 8.49. The van der Waals surface area contributed by atoms with Gasteiger partial charge in [0, 0.05) is 42.9 Å². The molecule has 9 heteroatoms. The molecule has 208 valence electrons. The Balaban J connectivity index is 1.72. The number of fused-ring (bicyclic) bond motifs is 1. The van der Waals surface area contributed by atoms with Gasteiger partial charge < -0.3 is 9.84 Å². The first-order valence-corrected chi connectivity index (χ1v) is 14.3. The van der Waals surface area contributed by atoms with E-state index in [0.29, 0.717) is 22.7 Å². The van der Waals surface area contributed by atoms with Crippen LogP contribution in [0.3, 0.4) is 0 Å². The van der Waals surface area contributed by atoms with Gasteiger partial charge >= 0.3 is 6.16 Å². The summed E-state index contributed by atoms with van der Waals surface area (Å²) in [4.78, 5) is 42.2. The van der Waals surface area contributed by atoms with Gasteiger partial charge in [0.05, 0.1) is 22.0 Å². The molecule has 0 unspecified atom stereocenters. The van der Waals surface area contributed by atoms with Crippen molar-refractivity contribution in [2.75, 3.05) is 0 Å². The molecule has 3 atom stereocenters. The van der Waals surface area contributed by atoms with Crippen molar-refractivity contribution >= 4 is 33.6 Å². The smallest absolute Gasteiger partial charge is 0.450 e. The third-order valence-electron chi connectivity index (χ3n) is 7.38. The Labute approximate surface area is 238 Å². The summed E-state index contributed by atoms with van der Waals surface area (Å²) >= 11 is 1.50. The van der Waals surface area contributed by atoms with Gasteiger partial charge in [0.1, 0.15) is 5.01 Å². The summed E-state index contributed by atoms with van der Waals surface area (Å²) in [5.41, 5.74) is 1.53. The molecule has 1 saturated heterocycles. The van der Waals surface area contributed by atoms with Crippen molar-refractivity contribution in [3.05, 3.63) is 88.9 Å². The van der Waals surface area contributed by atoms with E-state index in [-0.39, 0.29) is 29.6 Å². The zero-order chi connectivity index (χ0) is 28.7. The highest BCUT2D eigenvalue weighted by Gasteiger charge is 2.59. The van der Waals surface area contributed by atoms with E-state index in [2.05, 4.69) is 30.7 Å². The van der Waals surface area contributed by atoms with Gasteiger partial charge in [-0.15, -0.1) is 11.3 Å². The maximum Gasteiger partial charge on any atom is 0.507 e. The number of nitrogens with zero attached hydrogens (tertiary/aromatic N) is 4. The molecule has 1 aliphatic heterocycles. The first-order chi connectivity index (χ1) is 19.0. The maximum atomic E-state index is 14.6. The van der Waals surface area contributed by atoms with Gasteiger partial charge in [-0.25, -0.2) is 9.78 Å². The maximum absolute atomic E-state index is 14.6.